The molecule has 1 aliphatic carbocycles. The summed E-state index contributed by atoms with van der Waals surface area (Å²) in [4.78, 5) is 4.50. The summed E-state index contributed by atoms with van der Waals surface area (Å²) in [5.74, 6) is 3.52. The summed E-state index contributed by atoms with van der Waals surface area (Å²) in [5.41, 5.74) is 0. The minimum absolute atomic E-state index is 0.0362. The Morgan fingerprint density at radius 3 is 2.95 bits per heavy atom. The lowest BCUT2D eigenvalue weighted by Crippen LogP contribution is -2.33. The van der Waals surface area contributed by atoms with Crippen molar-refractivity contribution in [2.75, 3.05) is 6.54 Å². The van der Waals surface area contributed by atoms with Gasteiger partial charge in [-0.3, -0.25) is 0 Å². The zero-order chi connectivity index (χ0) is 14.7. The van der Waals surface area contributed by atoms with Gasteiger partial charge in [-0.1, -0.05) is 26.2 Å². The molecule has 2 heterocycles. The number of hydrogen-bond donors (Lipinski definition) is 1. The van der Waals surface area contributed by atoms with Gasteiger partial charge in [-0.25, -0.2) is 4.98 Å². The monoisotopic (exact) mass is 287 g/mol. The van der Waals surface area contributed by atoms with Gasteiger partial charge in [-0.2, -0.15) is 0 Å². The van der Waals surface area contributed by atoms with Crippen molar-refractivity contribution in [3.05, 3.63) is 42.4 Å². The van der Waals surface area contributed by atoms with E-state index in [1.807, 2.05) is 31.6 Å². The van der Waals surface area contributed by atoms with Crippen LogP contribution in [0.1, 0.15) is 50.2 Å². The third kappa shape index (κ3) is 3.21. The maximum absolute atomic E-state index is 5.63. The smallest absolute Gasteiger partial charge is 0.133 e. The van der Waals surface area contributed by atoms with Crippen LogP contribution in [0.2, 0.25) is 0 Å². The minimum Gasteiger partial charge on any atom is -0.467 e. The Kier molecular flexibility index (Phi) is 4.44. The molecule has 2 aromatic rings. The molecule has 3 rings (SSSR count). The number of nitrogens with one attached hydrogen (secondary N) is 1. The molecule has 3 atom stereocenters. The first kappa shape index (κ1) is 14.4. The van der Waals surface area contributed by atoms with E-state index < -0.39 is 0 Å². The van der Waals surface area contributed by atoms with Gasteiger partial charge in [-0.05, 0) is 36.9 Å². The van der Waals surface area contributed by atoms with Crippen molar-refractivity contribution in [1.29, 1.82) is 0 Å². The van der Waals surface area contributed by atoms with Crippen molar-refractivity contribution in [3.63, 3.8) is 0 Å². The molecule has 1 N–H and O–H groups in total. The lowest BCUT2D eigenvalue weighted by molar-refractivity contribution is 0.239. The molecule has 114 valence electrons. The van der Waals surface area contributed by atoms with E-state index in [0.717, 1.165) is 30.0 Å². The Morgan fingerprint density at radius 1 is 1.43 bits per heavy atom. The Hall–Kier alpha value is -1.55. The highest BCUT2D eigenvalue weighted by Crippen LogP contribution is 2.30. The summed E-state index contributed by atoms with van der Waals surface area (Å²) in [6.45, 7) is 3.41. The SMILES string of the molecule is CC1CCCCC1CNC(c1ccco1)c1nccn1C. The van der Waals surface area contributed by atoms with Crippen molar-refractivity contribution >= 4 is 0 Å². The van der Waals surface area contributed by atoms with E-state index in [9.17, 15) is 0 Å². The van der Waals surface area contributed by atoms with Gasteiger partial charge in [0.25, 0.3) is 0 Å². The fraction of sp³-hybridized carbons (Fsp3) is 0.588. The summed E-state index contributed by atoms with van der Waals surface area (Å²) in [7, 11) is 2.03. The van der Waals surface area contributed by atoms with E-state index in [1.165, 1.54) is 25.7 Å². The van der Waals surface area contributed by atoms with Crippen molar-refractivity contribution in [2.45, 2.75) is 38.6 Å². The zero-order valence-corrected chi connectivity index (χ0v) is 13.0. The van der Waals surface area contributed by atoms with Gasteiger partial charge in [0.05, 0.1) is 6.26 Å². The summed E-state index contributed by atoms with van der Waals surface area (Å²) < 4.78 is 7.69. The molecular formula is C17H25N3O. The van der Waals surface area contributed by atoms with E-state index in [2.05, 4.69) is 21.8 Å². The van der Waals surface area contributed by atoms with Crippen molar-refractivity contribution < 1.29 is 4.42 Å². The van der Waals surface area contributed by atoms with Crippen LogP contribution in [-0.4, -0.2) is 16.1 Å². The van der Waals surface area contributed by atoms with Crippen LogP contribution in [0.15, 0.2) is 35.2 Å². The maximum atomic E-state index is 5.63. The maximum Gasteiger partial charge on any atom is 0.133 e. The highest BCUT2D eigenvalue weighted by Gasteiger charge is 2.25. The highest BCUT2D eigenvalue weighted by atomic mass is 16.3. The van der Waals surface area contributed by atoms with Gasteiger partial charge in [0, 0.05) is 19.4 Å². The molecule has 0 aromatic carbocycles. The molecule has 0 saturated heterocycles. The van der Waals surface area contributed by atoms with Crippen LogP contribution in [0.3, 0.4) is 0 Å². The van der Waals surface area contributed by atoms with Gasteiger partial charge < -0.3 is 14.3 Å². The van der Waals surface area contributed by atoms with Crippen LogP contribution in [0.4, 0.5) is 0 Å². The lowest BCUT2D eigenvalue weighted by atomic mass is 9.80. The van der Waals surface area contributed by atoms with Crippen molar-refractivity contribution in [1.82, 2.24) is 14.9 Å². The highest BCUT2D eigenvalue weighted by molar-refractivity contribution is 5.15. The molecular weight excluding hydrogens is 262 g/mol. The Morgan fingerprint density at radius 2 is 2.29 bits per heavy atom. The molecule has 0 radical (unpaired) electrons. The first-order valence-corrected chi connectivity index (χ1v) is 7.99. The average Bonchev–Trinajstić information content (AvgIpc) is 3.14. The quantitative estimate of drug-likeness (QED) is 0.915. The second kappa shape index (κ2) is 6.48. The van der Waals surface area contributed by atoms with Crippen LogP contribution in [-0.2, 0) is 7.05 Å². The Balaban J connectivity index is 1.73. The second-order valence-electron chi connectivity index (χ2n) is 6.27. The number of rotatable bonds is 5. The molecule has 4 heteroatoms. The summed E-state index contributed by atoms with van der Waals surface area (Å²) in [5, 5.41) is 3.69. The van der Waals surface area contributed by atoms with Gasteiger partial charge in [0.15, 0.2) is 0 Å². The molecule has 3 unspecified atom stereocenters. The second-order valence-corrected chi connectivity index (χ2v) is 6.27. The molecule has 0 bridgehead atoms. The zero-order valence-electron chi connectivity index (χ0n) is 13.0. The molecule has 21 heavy (non-hydrogen) atoms. The topological polar surface area (TPSA) is 43.0 Å². The number of nitrogens with zero attached hydrogens (tertiary/aromatic N) is 2. The normalized spacial score (nSPS) is 24.1. The summed E-state index contributed by atoms with van der Waals surface area (Å²) in [6, 6.07) is 4.00. The minimum atomic E-state index is 0.0362. The lowest BCUT2D eigenvalue weighted by Gasteiger charge is -2.30. The van der Waals surface area contributed by atoms with Crippen LogP contribution >= 0.6 is 0 Å². The Bertz CT molecular complexity index is 546. The van der Waals surface area contributed by atoms with Gasteiger partial charge in [-0.15, -0.1) is 0 Å². The predicted molar refractivity (Wildman–Crippen MR) is 82.9 cm³/mol. The van der Waals surface area contributed by atoms with E-state index >= 15 is 0 Å². The molecule has 0 amide bonds. The standard InChI is InChI=1S/C17H25N3O/c1-13-6-3-4-7-14(13)12-19-16(15-8-5-11-21-15)17-18-9-10-20(17)2/h5,8-11,13-14,16,19H,3-4,6-7,12H2,1-2H3. The van der Waals surface area contributed by atoms with Gasteiger partial charge in [0.1, 0.15) is 17.6 Å². The van der Waals surface area contributed by atoms with Gasteiger partial charge in [0.2, 0.25) is 0 Å². The first-order chi connectivity index (χ1) is 10.3. The van der Waals surface area contributed by atoms with Crippen LogP contribution in [0.5, 0.6) is 0 Å². The number of aromatic nitrogens is 2. The molecule has 4 nitrogen and oxygen atoms in total. The first-order valence-electron chi connectivity index (χ1n) is 7.99. The van der Waals surface area contributed by atoms with Crippen molar-refractivity contribution in [3.8, 4) is 0 Å². The van der Waals surface area contributed by atoms with E-state index in [1.54, 1.807) is 6.26 Å². The van der Waals surface area contributed by atoms with Crippen LogP contribution < -0.4 is 5.32 Å². The largest absolute Gasteiger partial charge is 0.467 e. The molecule has 2 aromatic heterocycles. The van der Waals surface area contributed by atoms with E-state index in [-0.39, 0.29) is 6.04 Å². The van der Waals surface area contributed by atoms with Crippen molar-refractivity contribution in [2.24, 2.45) is 18.9 Å². The molecule has 1 saturated carbocycles. The average molecular weight is 287 g/mol. The van der Waals surface area contributed by atoms with Gasteiger partial charge >= 0.3 is 0 Å². The van der Waals surface area contributed by atoms with Crippen LogP contribution in [0.25, 0.3) is 0 Å². The predicted octanol–water partition coefficient (Wildman–Crippen LogP) is 3.52. The third-order valence-corrected chi connectivity index (χ3v) is 4.82. The molecule has 1 fully saturated rings. The fourth-order valence-electron chi connectivity index (χ4n) is 3.40. The molecule has 1 aliphatic rings. The number of hydrogen-bond acceptors (Lipinski definition) is 3. The van der Waals surface area contributed by atoms with E-state index in [4.69, 9.17) is 4.42 Å². The van der Waals surface area contributed by atoms with E-state index in [0.29, 0.717) is 0 Å². The van der Waals surface area contributed by atoms with Crippen LogP contribution in [0, 0.1) is 11.8 Å². The fourth-order valence-corrected chi connectivity index (χ4v) is 3.40. The number of aryl methyl sites for hydroxylation is 1. The number of furan rings is 1. The Labute approximate surface area is 126 Å². The summed E-state index contributed by atoms with van der Waals surface area (Å²) in [6.07, 6.45) is 11.0. The summed E-state index contributed by atoms with van der Waals surface area (Å²) >= 11 is 0. The molecule has 0 spiro atoms. The number of imidazole rings is 1. The third-order valence-electron chi connectivity index (χ3n) is 4.82. The molecule has 0 aliphatic heterocycles.